The van der Waals surface area contributed by atoms with Gasteiger partial charge in [-0.25, -0.2) is 0 Å². The number of quaternary nitrogens is 1. The zero-order chi connectivity index (χ0) is 9.41. The summed E-state index contributed by atoms with van der Waals surface area (Å²) < 4.78 is 36.7. The second-order valence-corrected chi connectivity index (χ2v) is 3.49. The van der Waals surface area contributed by atoms with Crippen LogP contribution in [0.4, 0.5) is 13.2 Å². The van der Waals surface area contributed by atoms with Crippen LogP contribution >= 0.6 is 0 Å². The van der Waals surface area contributed by atoms with Crippen LogP contribution in [0.3, 0.4) is 0 Å². The summed E-state index contributed by atoms with van der Waals surface area (Å²) in [6, 6.07) is -0.273. The monoisotopic (exact) mass is 219 g/mol. The van der Waals surface area contributed by atoms with E-state index in [1.54, 1.807) is 0 Å². The summed E-state index contributed by atoms with van der Waals surface area (Å²) in [5.41, 5.74) is 1.07. The van der Waals surface area contributed by atoms with Crippen molar-refractivity contribution in [1.82, 2.24) is 0 Å². The van der Waals surface area contributed by atoms with E-state index in [9.17, 15) is 18.3 Å². The van der Waals surface area contributed by atoms with Gasteiger partial charge in [-0.05, 0) is 19.3 Å². The number of halogens is 4. The van der Waals surface area contributed by atoms with Gasteiger partial charge in [0.1, 0.15) is 0 Å². The van der Waals surface area contributed by atoms with Gasteiger partial charge < -0.3 is 23.2 Å². The Balaban J connectivity index is 0.00000144. The molecule has 0 aromatic heterocycles. The molecule has 2 atom stereocenters. The van der Waals surface area contributed by atoms with E-state index < -0.39 is 11.8 Å². The van der Waals surface area contributed by atoms with Crippen LogP contribution in [0.5, 0.6) is 0 Å². The largest absolute Gasteiger partial charge is 1.00 e. The topological polar surface area (TPSA) is 47.9 Å². The van der Waals surface area contributed by atoms with Gasteiger partial charge in [0.05, 0.1) is 6.04 Å². The van der Waals surface area contributed by atoms with Crippen molar-refractivity contribution < 1.29 is 36.4 Å². The summed E-state index contributed by atoms with van der Waals surface area (Å²) in [5, 5.41) is 9.21. The van der Waals surface area contributed by atoms with E-state index in [1.807, 2.05) is 0 Å². The van der Waals surface area contributed by atoms with Crippen molar-refractivity contribution in [3.63, 3.8) is 0 Å². The Morgan fingerprint density at radius 3 is 2.23 bits per heavy atom. The Labute approximate surface area is 80.7 Å². The lowest BCUT2D eigenvalue weighted by molar-refractivity contribution is -0.441. The molecule has 4 N–H and O–H groups in total. The lowest BCUT2D eigenvalue weighted by Gasteiger charge is -2.35. The van der Waals surface area contributed by atoms with Gasteiger partial charge in [-0.15, -0.1) is 0 Å². The molecule has 1 saturated carbocycles. The van der Waals surface area contributed by atoms with Gasteiger partial charge in [-0.3, -0.25) is 0 Å². The van der Waals surface area contributed by atoms with Gasteiger partial charge in [-0.2, -0.15) is 13.2 Å². The zero-order valence-electron chi connectivity index (χ0n) is 7.07. The Kier molecular flexibility index (Phi) is 4.02. The summed E-state index contributed by atoms with van der Waals surface area (Å²) in [4.78, 5) is 0. The van der Waals surface area contributed by atoms with Crippen LogP contribution in [0.25, 0.3) is 0 Å². The highest BCUT2D eigenvalue weighted by Crippen LogP contribution is 2.40. The molecule has 6 heteroatoms. The van der Waals surface area contributed by atoms with Crippen LogP contribution in [0.15, 0.2) is 0 Å². The smallest absolute Gasteiger partial charge is 0.417 e. The van der Waals surface area contributed by atoms with Crippen molar-refractivity contribution in [1.29, 1.82) is 0 Å². The summed E-state index contributed by atoms with van der Waals surface area (Å²) in [6.45, 7) is 0. The first-order valence-electron chi connectivity index (χ1n) is 3.97. The summed E-state index contributed by atoms with van der Waals surface area (Å²) >= 11 is 0. The first-order chi connectivity index (χ1) is 5.35. The molecule has 0 amide bonds. The number of alkyl halides is 3. The summed E-state index contributed by atoms with van der Waals surface area (Å²) in [5.74, 6) is 0. The molecular formula is C7H13ClF3NO. The minimum Gasteiger partial charge on any atom is -1.00 e. The first kappa shape index (κ1) is 13.0. The molecule has 1 aliphatic rings. The molecule has 0 heterocycles. The van der Waals surface area contributed by atoms with E-state index in [2.05, 4.69) is 5.73 Å². The third-order valence-corrected chi connectivity index (χ3v) is 2.36. The molecule has 1 aliphatic carbocycles. The predicted molar refractivity (Wildman–Crippen MR) is 36.1 cm³/mol. The lowest BCUT2D eigenvalue weighted by Crippen LogP contribution is -3.00. The molecule has 1 rings (SSSR count). The second-order valence-electron chi connectivity index (χ2n) is 3.49. The number of hydrogen-bond donors (Lipinski definition) is 2. The maximum atomic E-state index is 12.2. The molecule has 80 valence electrons. The number of rotatable bonds is 0. The van der Waals surface area contributed by atoms with E-state index in [0.29, 0.717) is 12.8 Å². The molecule has 13 heavy (non-hydrogen) atoms. The third kappa shape index (κ3) is 2.72. The highest BCUT2D eigenvalue weighted by atomic mass is 35.5. The van der Waals surface area contributed by atoms with Gasteiger partial charge >= 0.3 is 6.18 Å². The Hall–Kier alpha value is -0.0000000000000000555. The van der Waals surface area contributed by atoms with E-state index in [0.717, 1.165) is 0 Å². The lowest BCUT2D eigenvalue weighted by atomic mass is 9.82. The average Bonchev–Trinajstić information content (AvgIpc) is 1.83. The van der Waals surface area contributed by atoms with E-state index in [1.165, 1.54) is 0 Å². The van der Waals surface area contributed by atoms with Crippen molar-refractivity contribution in [2.75, 3.05) is 0 Å². The summed E-state index contributed by atoms with van der Waals surface area (Å²) in [6.07, 6.45) is -3.84. The van der Waals surface area contributed by atoms with E-state index >= 15 is 0 Å². The van der Waals surface area contributed by atoms with Crippen LogP contribution in [0.2, 0.25) is 0 Å². The first-order valence-corrected chi connectivity index (χ1v) is 3.97. The fraction of sp³-hybridized carbons (Fsp3) is 1.00. The Bertz CT molecular complexity index is 176. The molecule has 0 bridgehead atoms. The Morgan fingerprint density at radius 1 is 1.38 bits per heavy atom. The molecule has 0 radical (unpaired) electrons. The van der Waals surface area contributed by atoms with Crippen LogP contribution in [0.1, 0.15) is 25.7 Å². The quantitative estimate of drug-likeness (QED) is 0.464. The Morgan fingerprint density at radius 2 is 1.92 bits per heavy atom. The molecule has 0 aromatic carbocycles. The van der Waals surface area contributed by atoms with Crippen LogP contribution in [-0.4, -0.2) is 22.9 Å². The highest BCUT2D eigenvalue weighted by molar-refractivity contribution is 4.91. The van der Waals surface area contributed by atoms with Gasteiger partial charge in [-0.1, -0.05) is 0 Å². The fourth-order valence-corrected chi connectivity index (χ4v) is 1.62. The van der Waals surface area contributed by atoms with Gasteiger partial charge in [0.25, 0.3) is 0 Å². The number of hydrogen-bond acceptors (Lipinski definition) is 1. The van der Waals surface area contributed by atoms with E-state index in [-0.39, 0.29) is 31.3 Å². The fourth-order valence-electron chi connectivity index (χ4n) is 1.62. The molecule has 2 nitrogen and oxygen atoms in total. The maximum absolute atomic E-state index is 12.2. The van der Waals surface area contributed by atoms with Gasteiger partial charge in [0.15, 0.2) is 5.60 Å². The molecule has 0 saturated heterocycles. The standard InChI is InChI=1S/C7H12F3NO.ClH/c8-7(9,10)6(12)3-1-2-5(11)4-6;/h5,12H,1-4,11H2;1H. The minimum atomic E-state index is -4.50. The molecule has 0 spiro atoms. The maximum Gasteiger partial charge on any atom is 0.417 e. The van der Waals surface area contributed by atoms with Crippen LogP contribution in [0, 0.1) is 0 Å². The third-order valence-electron chi connectivity index (χ3n) is 2.36. The average molecular weight is 220 g/mol. The molecule has 1 fully saturated rings. The number of aliphatic hydroxyl groups is 1. The van der Waals surface area contributed by atoms with Crippen molar-refractivity contribution >= 4 is 0 Å². The normalized spacial score (nSPS) is 35.3. The molecular weight excluding hydrogens is 207 g/mol. The van der Waals surface area contributed by atoms with Crippen molar-refractivity contribution in [2.24, 2.45) is 0 Å². The van der Waals surface area contributed by atoms with Crippen LogP contribution < -0.4 is 18.1 Å². The zero-order valence-corrected chi connectivity index (χ0v) is 7.83. The minimum absolute atomic E-state index is 0. The second kappa shape index (κ2) is 4.02. The van der Waals surface area contributed by atoms with Crippen LogP contribution in [-0.2, 0) is 0 Å². The van der Waals surface area contributed by atoms with E-state index in [4.69, 9.17) is 0 Å². The summed E-state index contributed by atoms with van der Waals surface area (Å²) in [7, 11) is 0. The van der Waals surface area contributed by atoms with Gasteiger partial charge in [0, 0.05) is 6.42 Å². The van der Waals surface area contributed by atoms with Gasteiger partial charge in [0.2, 0.25) is 0 Å². The van der Waals surface area contributed by atoms with Crippen molar-refractivity contribution in [2.45, 2.75) is 43.5 Å². The molecule has 0 aliphatic heterocycles. The molecule has 0 aromatic rings. The highest BCUT2D eigenvalue weighted by Gasteiger charge is 2.55. The predicted octanol–water partition coefficient (Wildman–Crippen LogP) is -2.53. The SMILES string of the molecule is [Cl-].[NH3+]C1CCCC(O)(C(F)(F)F)C1. The molecule has 2 unspecified atom stereocenters. The van der Waals surface area contributed by atoms with Crippen molar-refractivity contribution in [3.8, 4) is 0 Å². The van der Waals surface area contributed by atoms with Crippen molar-refractivity contribution in [3.05, 3.63) is 0 Å².